The van der Waals surface area contributed by atoms with Gasteiger partial charge >= 0.3 is 0 Å². The highest BCUT2D eigenvalue weighted by Gasteiger charge is 2.30. The molecule has 1 aliphatic rings. The van der Waals surface area contributed by atoms with Gasteiger partial charge in [-0.1, -0.05) is 45.3 Å². The molecule has 116 valence electrons. The van der Waals surface area contributed by atoms with Crippen LogP contribution in [0, 0.1) is 5.82 Å². The highest BCUT2D eigenvalue weighted by atomic mass is 79.9. The first kappa shape index (κ1) is 14.3. The number of hydrogen-bond donors (Lipinski definition) is 1. The fourth-order valence-electron chi connectivity index (χ4n) is 2.91. The number of rotatable bonds is 2. The topological polar surface area (TPSA) is 55.6 Å². The second-order valence-corrected chi connectivity index (χ2v) is 6.41. The maximum Gasteiger partial charge on any atom is 0.243 e. The molecule has 1 N–H and O–H groups in total. The molecule has 1 aromatic heterocycles. The maximum atomic E-state index is 13.2. The van der Waals surface area contributed by atoms with Crippen molar-refractivity contribution < 1.29 is 4.39 Å². The Hall–Kier alpha value is -2.28. The van der Waals surface area contributed by atoms with Crippen LogP contribution in [0.25, 0.3) is 0 Å². The summed E-state index contributed by atoms with van der Waals surface area (Å²) in [5.74, 6) is 0.386. The van der Waals surface area contributed by atoms with Crippen molar-refractivity contribution in [1.82, 2.24) is 20.2 Å². The zero-order valence-electron chi connectivity index (χ0n) is 12.0. The van der Waals surface area contributed by atoms with Crippen LogP contribution in [0.1, 0.15) is 29.6 Å². The Morgan fingerprint density at radius 2 is 1.74 bits per heavy atom. The van der Waals surface area contributed by atoms with Gasteiger partial charge in [-0.2, -0.15) is 0 Å². The van der Waals surface area contributed by atoms with Gasteiger partial charge in [0, 0.05) is 4.47 Å². The Morgan fingerprint density at radius 3 is 2.48 bits per heavy atom. The largest absolute Gasteiger partial charge is 0.346 e. The number of hydrogen-bond acceptors (Lipinski definition) is 4. The number of fused-ring (bicyclic) bond motifs is 1. The molecular weight excluding hydrogens is 361 g/mol. The predicted molar refractivity (Wildman–Crippen MR) is 87.5 cm³/mol. The van der Waals surface area contributed by atoms with Gasteiger partial charge in [-0.05, 0) is 52.2 Å². The molecule has 0 spiro atoms. The summed E-state index contributed by atoms with van der Waals surface area (Å²) in [7, 11) is 0. The maximum absolute atomic E-state index is 13.2. The van der Waals surface area contributed by atoms with Gasteiger partial charge in [-0.15, -0.1) is 0 Å². The number of halogens is 2. The van der Waals surface area contributed by atoms with E-state index >= 15 is 0 Å². The van der Waals surface area contributed by atoms with Crippen LogP contribution in [-0.2, 0) is 0 Å². The highest BCUT2D eigenvalue weighted by molar-refractivity contribution is 9.10. The second-order valence-electron chi connectivity index (χ2n) is 5.50. The summed E-state index contributed by atoms with van der Waals surface area (Å²) in [6.07, 6.45) is 0.783. The van der Waals surface area contributed by atoms with Crippen molar-refractivity contribution in [1.29, 1.82) is 0 Å². The Morgan fingerprint density at radius 1 is 1.04 bits per heavy atom. The fraction of sp³-hybridized carbons (Fsp3) is 0.188. The summed E-state index contributed by atoms with van der Waals surface area (Å²) < 4.78 is 16.0. The Labute approximate surface area is 140 Å². The number of aromatic nitrogens is 4. The van der Waals surface area contributed by atoms with E-state index in [4.69, 9.17) is 0 Å². The van der Waals surface area contributed by atoms with Crippen molar-refractivity contribution in [3.8, 4) is 0 Å². The van der Waals surface area contributed by atoms with E-state index in [1.165, 1.54) is 12.1 Å². The van der Waals surface area contributed by atoms with Crippen molar-refractivity contribution in [2.24, 2.45) is 0 Å². The molecule has 0 aliphatic carbocycles. The zero-order chi connectivity index (χ0) is 15.8. The van der Waals surface area contributed by atoms with Crippen LogP contribution in [0.4, 0.5) is 10.3 Å². The standard InChI is InChI=1S/C16H13BrFN5/c17-12-5-1-11(2-6-12)15-9-14(10-3-7-13(18)8-4-10)19-16-20-21-22-23(15)16/h1-8,14-15H,9H2,(H,19,20,22). The van der Waals surface area contributed by atoms with Gasteiger partial charge < -0.3 is 5.32 Å². The number of tetrazole rings is 1. The average molecular weight is 374 g/mol. The molecule has 0 radical (unpaired) electrons. The molecule has 2 atom stereocenters. The summed E-state index contributed by atoms with van der Waals surface area (Å²) in [6, 6.07) is 14.7. The van der Waals surface area contributed by atoms with Gasteiger partial charge in [0.25, 0.3) is 0 Å². The van der Waals surface area contributed by atoms with Crippen LogP contribution in [-0.4, -0.2) is 20.2 Å². The molecule has 2 heterocycles. The number of benzene rings is 2. The predicted octanol–water partition coefficient (Wildman–Crippen LogP) is 3.72. The van der Waals surface area contributed by atoms with Crippen molar-refractivity contribution >= 4 is 21.9 Å². The number of anilines is 1. The van der Waals surface area contributed by atoms with E-state index in [9.17, 15) is 4.39 Å². The minimum absolute atomic E-state index is 0.0303. The van der Waals surface area contributed by atoms with Crippen molar-refractivity contribution in [2.75, 3.05) is 5.32 Å². The van der Waals surface area contributed by atoms with Crippen LogP contribution >= 0.6 is 15.9 Å². The Balaban J connectivity index is 1.71. The molecule has 3 aromatic rings. The third-order valence-electron chi connectivity index (χ3n) is 4.08. The van der Waals surface area contributed by atoms with E-state index in [0.717, 1.165) is 22.0 Å². The third kappa shape index (κ3) is 2.72. The first-order chi connectivity index (χ1) is 11.2. The monoisotopic (exact) mass is 373 g/mol. The summed E-state index contributed by atoms with van der Waals surface area (Å²) in [4.78, 5) is 0. The van der Waals surface area contributed by atoms with Crippen LogP contribution in [0.5, 0.6) is 0 Å². The van der Waals surface area contributed by atoms with Crippen LogP contribution in [0.3, 0.4) is 0 Å². The number of nitrogens with zero attached hydrogens (tertiary/aromatic N) is 4. The molecule has 0 saturated carbocycles. The lowest BCUT2D eigenvalue weighted by atomic mass is 9.93. The molecule has 4 rings (SSSR count). The SMILES string of the molecule is Fc1ccc(C2CC(c3ccc(Br)cc3)n3nnnc3N2)cc1. The smallest absolute Gasteiger partial charge is 0.243 e. The zero-order valence-corrected chi connectivity index (χ0v) is 13.6. The molecule has 0 amide bonds. The van der Waals surface area contributed by atoms with Crippen LogP contribution < -0.4 is 5.32 Å². The molecule has 2 aromatic carbocycles. The first-order valence-corrected chi connectivity index (χ1v) is 8.05. The molecule has 23 heavy (non-hydrogen) atoms. The quantitative estimate of drug-likeness (QED) is 0.743. The lowest BCUT2D eigenvalue weighted by Gasteiger charge is -2.31. The summed E-state index contributed by atoms with van der Waals surface area (Å²) in [5, 5.41) is 15.2. The lowest BCUT2D eigenvalue weighted by molar-refractivity contribution is 0.423. The lowest BCUT2D eigenvalue weighted by Crippen LogP contribution is -2.28. The van der Waals surface area contributed by atoms with Gasteiger partial charge in [0.2, 0.25) is 5.95 Å². The summed E-state index contributed by atoms with van der Waals surface area (Å²) in [5.41, 5.74) is 2.15. The van der Waals surface area contributed by atoms with E-state index in [-0.39, 0.29) is 17.9 Å². The van der Waals surface area contributed by atoms with Gasteiger partial charge in [-0.3, -0.25) is 0 Å². The van der Waals surface area contributed by atoms with Crippen LogP contribution in [0.2, 0.25) is 0 Å². The number of nitrogens with one attached hydrogen (secondary N) is 1. The minimum Gasteiger partial charge on any atom is -0.346 e. The molecule has 0 fully saturated rings. The van der Waals surface area contributed by atoms with Crippen molar-refractivity contribution in [3.05, 3.63) is 69.9 Å². The summed E-state index contributed by atoms with van der Waals surface area (Å²) in [6.45, 7) is 0. The third-order valence-corrected chi connectivity index (χ3v) is 4.61. The van der Waals surface area contributed by atoms with Crippen LogP contribution in [0.15, 0.2) is 53.0 Å². The van der Waals surface area contributed by atoms with Gasteiger partial charge in [0.05, 0.1) is 12.1 Å². The minimum atomic E-state index is -0.237. The van der Waals surface area contributed by atoms with Gasteiger partial charge in [-0.25, -0.2) is 9.07 Å². The normalized spacial score (nSPS) is 19.9. The summed E-state index contributed by atoms with van der Waals surface area (Å²) >= 11 is 3.45. The highest BCUT2D eigenvalue weighted by Crippen LogP contribution is 2.37. The van der Waals surface area contributed by atoms with E-state index in [0.29, 0.717) is 5.95 Å². The first-order valence-electron chi connectivity index (χ1n) is 7.26. The van der Waals surface area contributed by atoms with Gasteiger partial charge in [0.1, 0.15) is 5.82 Å². The van der Waals surface area contributed by atoms with E-state index in [1.54, 1.807) is 16.8 Å². The fourth-order valence-corrected chi connectivity index (χ4v) is 3.18. The van der Waals surface area contributed by atoms with Crippen molar-refractivity contribution in [2.45, 2.75) is 18.5 Å². The Kier molecular flexibility index (Phi) is 3.57. The van der Waals surface area contributed by atoms with Gasteiger partial charge in [0.15, 0.2) is 0 Å². The Bertz CT molecular complexity index is 815. The molecule has 5 nitrogen and oxygen atoms in total. The van der Waals surface area contributed by atoms with E-state index in [2.05, 4.69) is 48.9 Å². The molecular formula is C16H13BrFN5. The molecule has 2 unspecified atom stereocenters. The molecule has 0 bridgehead atoms. The average Bonchev–Trinajstić information content (AvgIpc) is 3.04. The molecule has 1 aliphatic heterocycles. The van der Waals surface area contributed by atoms with E-state index in [1.807, 2.05) is 12.1 Å². The second kappa shape index (κ2) is 5.73. The van der Waals surface area contributed by atoms with E-state index < -0.39 is 0 Å². The molecule has 0 saturated heterocycles. The van der Waals surface area contributed by atoms with Crippen molar-refractivity contribution in [3.63, 3.8) is 0 Å². The molecule has 7 heteroatoms.